The highest BCUT2D eigenvalue weighted by atomic mass is 32.2. The number of rotatable bonds is 7. The largest absolute Gasteiger partial charge is 0.389 e. The van der Waals surface area contributed by atoms with Crippen LogP contribution in [-0.2, 0) is 9.84 Å². The van der Waals surface area contributed by atoms with Crippen LogP contribution in [0.5, 0.6) is 0 Å². The predicted octanol–water partition coefficient (Wildman–Crippen LogP) is 0.172. The minimum atomic E-state index is -2.84. The Morgan fingerprint density at radius 1 is 1.36 bits per heavy atom. The number of hydrogen-bond acceptors (Lipinski definition) is 4. The summed E-state index contributed by atoms with van der Waals surface area (Å²) in [6.45, 7) is 6.19. The van der Waals surface area contributed by atoms with Gasteiger partial charge in [-0.2, -0.15) is 0 Å². The van der Waals surface area contributed by atoms with E-state index in [4.69, 9.17) is 0 Å². The molecule has 0 rings (SSSR count). The van der Waals surface area contributed by atoms with Crippen LogP contribution in [0.4, 0.5) is 0 Å². The highest BCUT2D eigenvalue weighted by Crippen LogP contribution is 1.97. The van der Waals surface area contributed by atoms with Crippen LogP contribution in [0.15, 0.2) is 0 Å². The maximum Gasteiger partial charge on any atom is 0.150 e. The SMILES string of the molecule is CCS(=O)(=O)CCCNCC(C)(C)O. The van der Waals surface area contributed by atoms with Gasteiger partial charge >= 0.3 is 0 Å². The lowest BCUT2D eigenvalue weighted by Gasteiger charge is -2.17. The average molecular weight is 223 g/mol. The van der Waals surface area contributed by atoms with Crippen molar-refractivity contribution in [3.63, 3.8) is 0 Å². The lowest BCUT2D eigenvalue weighted by molar-refractivity contribution is 0.0801. The summed E-state index contributed by atoms with van der Waals surface area (Å²) in [6, 6.07) is 0. The van der Waals surface area contributed by atoms with Crippen molar-refractivity contribution in [2.24, 2.45) is 0 Å². The second-order valence-electron chi connectivity index (χ2n) is 4.08. The van der Waals surface area contributed by atoms with E-state index in [1.54, 1.807) is 20.8 Å². The molecule has 0 aromatic heterocycles. The zero-order chi connectivity index (χ0) is 11.2. The Labute approximate surface area is 86.6 Å². The van der Waals surface area contributed by atoms with E-state index < -0.39 is 15.4 Å². The molecule has 14 heavy (non-hydrogen) atoms. The van der Waals surface area contributed by atoms with E-state index in [1.165, 1.54) is 0 Å². The Morgan fingerprint density at radius 2 is 1.93 bits per heavy atom. The van der Waals surface area contributed by atoms with E-state index in [0.717, 1.165) is 0 Å². The van der Waals surface area contributed by atoms with Gasteiger partial charge in [0.05, 0.1) is 11.4 Å². The number of hydrogen-bond donors (Lipinski definition) is 2. The van der Waals surface area contributed by atoms with Crippen molar-refractivity contribution in [3.8, 4) is 0 Å². The quantitative estimate of drug-likeness (QED) is 0.604. The minimum Gasteiger partial charge on any atom is -0.389 e. The number of nitrogens with one attached hydrogen (secondary N) is 1. The molecule has 2 N–H and O–H groups in total. The highest BCUT2D eigenvalue weighted by molar-refractivity contribution is 7.91. The van der Waals surface area contributed by atoms with Crippen molar-refractivity contribution >= 4 is 9.84 Å². The molecule has 0 saturated heterocycles. The first-order chi connectivity index (χ1) is 6.27. The molecule has 0 bridgehead atoms. The van der Waals surface area contributed by atoms with Crippen LogP contribution >= 0.6 is 0 Å². The van der Waals surface area contributed by atoms with Crippen LogP contribution in [0.25, 0.3) is 0 Å². The van der Waals surface area contributed by atoms with Gasteiger partial charge in [0.25, 0.3) is 0 Å². The molecular weight excluding hydrogens is 202 g/mol. The molecule has 4 nitrogen and oxygen atoms in total. The summed E-state index contributed by atoms with van der Waals surface area (Å²) in [5.41, 5.74) is -0.733. The van der Waals surface area contributed by atoms with E-state index in [-0.39, 0.29) is 11.5 Å². The van der Waals surface area contributed by atoms with Crippen molar-refractivity contribution in [1.82, 2.24) is 5.32 Å². The van der Waals surface area contributed by atoms with Crippen LogP contribution in [-0.4, -0.2) is 43.7 Å². The molecule has 0 radical (unpaired) electrons. The molecule has 0 fully saturated rings. The third kappa shape index (κ3) is 8.47. The number of sulfone groups is 1. The molecule has 5 heteroatoms. The predicted molar refractivity (Wildman–Crippen MR) is 58.1 cm³/mol. The van der Waals surface area contributed by atoms with Crippen LogP contribution in [0.3, 0.4) is 0 Å². The molecule has 0 aliphatic rings. The molecular formula is C9H21NO3S. The molecule has 0 heterocycles. The summed E-state index contributed by atoms with van der Waals surface area (Å²) in [5, 5.41) is 12.3. The minimum absolute atomic E-state index is 0.207. The topological polar surface area (TPSA) is 66.4 Å². The Bertz CT molecular complexity index is 241. The van der Waals surface area contributed by atoms with Gasteiger partial charge in [-0.15, -0.1) is 0 Å². The van der Waals surface area contributed by atoms with Gasteiger partial charge in [0, 0.05) is 12.3 Å². The molecule has 0 unspecified atom stereocenters. The fraction of sp³-hybridized carbons (Fsp3) is 1.00. The summed E-state index contributed by atoms with van der Waals surface area (Å²) < 4.78 is 22.2. The monoisotopic (exact) mass is 223 g/mol. The molecule has 0 aliphatic carbocycles. The van der Waals surface area contributed by atoms with Crippen molar-refractivity contribution in [2.75, 3.05) is 24.6 Å². The van der Waals surface area contributed by atoms with Gasteiger partial charge in [-0.3, -0.25) is 0 Å². The summed E-state index contributed by atoms with van der Waals surface area (Å²) in [5.74, 6) is 0.431. The second-order valence-corrected chi connectivity index (χ2v) is 6.55. The molecule has 0 aromatic carbocycles. The maximum absolute atomic E-state index is 11.1. The van der Waals surface area contributed by atoms with Crippen LogP contribution in [0, 0.1) is 0 Å². The lowest BCUT2D eigenvalue weighted by atomic mass is 10.1. The first-order valence-electron chi connectivity index (χ1n) is 4.90. The van der Waals surface area contributed by atoms with E-state index >= 15 is 0 Å². The fourth-order valence-corrected chi connectivity index (χ4v) is 1.83. The van der Waals surface area contributed by atoms with E-state index in [1.807, 2.05) is 0 Å². The summed E-state index contributed by atoms with van der Waals surface area (Å²) in [7, 11) is -2.84. The summed E-state index contributed by atoms with van der Waals surface area (Å²) >= 11 is 0. The molecule has 0 aromatic rings. The van der Waals surface area contributed by atoms with Crippen molar-refractivity contribution in [2.45, 2.75) is 32.8 Å². The van der Waals surface area contributed by atoms with E-state index in [2.05, 4.69) is 5.32 Å². The third-order valence-electron chi connectivity index (χ3n) is 1.81. The van der Waals surface area contributed by atoms with Crippen molar-refractivity contribution in [1.29, 1.82) is 0 Å². The second kappa shape index (κ2) is 5.68. The molecule has 0 saturated carbocycles. The molecule has 86 valence electrons. The van der Waals surface area contributed by atoms with Gasteiger partial charge < -0.3 is 10.4 Å². The van der Waals surface area contributed by atoms with Crippen molar-refractivity contribution in [3.05, 3.63) is 0 Å². The van der Waals surface area contributed by atoms with Gasteiger partial charge in [-0.1, -0.05) is 6.92 Å². The van der Waals surface area contributed by atoms with Gasteiger partial charge in [0.15, 0.2) is 0 Å². The third-order valence-corrected chi connectivity index (χ3v) is 3.60. The van der Waals surface area contributed by atoms with E-state index in [0.29, 0.717) is 19.5 Å². The lowest BCUT2D eigenvalue weighted by Crippen LogP contribution is -2.35. The first kappa shape index (κ1) is 13.9. The standard InChI is InChI=1S/C9H21NO3S/c1-4-14(12,13)7-5-6-10-8-9(2,3)11/h10-11H,4-8H2,1-3H3. The zero-order valence-corrected chi connectivity index (χ0v) is 10.0. The first-order valence-corrected chi connectivity index (χ1v) is 6.72. The van der Waals surface area contributed by atoms with Gasteiger partial charge in [-0.25, -0.2) is 8.42 Å². The Morgan fingerprint density at radius 3 is 2.36 bits per heavy atom. The van der Waals surface area contributed by atoms with Crippen LogP contribution in [0.1, 0.15) is 27.2 Å². The smallest absolute Gasteiger partial charge is 0.150 e. The van der Waals surface area contributed by atoms with Crippen LogP contribution in [0.2, 0.25) is 0 Å². The Kier molecular flexibility index (Phi) is 5.63. The Balaban J connectivity index is 3.49. The van der Waals surface area contributed by atoms with Crippen molar-refractivity contribution < 1.29 is 13.5 Å². The summed E-state index contributed by atoms with van der Waals surface area (Å²) in [6.07, 6.45) is 0.603. The number of aliphatic hydroxyl groups is 1. The normalized spacial score (nSPS) is 13.1. The van der Waals surface area contributed by atoms with Gasteiger partial charge in [0.2, 0.25) is 0 Å². The molecule has 0 atom stereocenters. The average Bonchev–Trinajstić information content (AvgIpc) is 2.01. The molecule has 0 aliphatic heterocycles. The van der Waals surface area contributed by atoms with Gasteiger partial charge in [-0.05, 0) is 26.8 Å². The van der Waals surface area contributed by atoms with Gasteiger partial charge in [0.1, 0.15) is 9.84 Å². The maximum atomic E-state index is 11.1. The Hall–Kier alpha value is -0.130. The van der Waals surface area contributed by atoms with E-state index in [9.17, 15) is 13.5 Å². The van der Waals surface area contributed by atoms with Crippen LogP contribution < -0.4 is 5.32 Å². The molecule has 0 amide bonds. The summed E-state index contributed by atoms with van der Waals surface area (Å²) in [4.78, 5) is 0. The zero-order valence-electron chi connectivity index (χ0n) is 9.21. The molecule has 0 spiro atoms. The highest BCUT2D eigenvalue weighted by Gasteiger charge is 2.11. The fourth-order valence-electron chi connectivity index (χ4n) is 0.956.